The molecule has 0 aliphatic carbocycles. The number of aromatic amines is 5. The molecule has 127 heavy (non-hydrogen) atoms. The number of H-pyrrole nitrogens is 5. The maximum absolute atomic E-state index is 13.2. The monoisotopic (exact) mass is 1840 g/mol. The first-order chi connectivity index (χ1) is 60.8. The Morgan fingerprint density at radius 1 is 0.370 bits per heavy atom. The average molecular weight is 1840 g/mol. The molecule has 26 nitrogen and oxygen atoms in total. The van der Waals surface area contributed by atoms with E-state index in [-0.39, 0.29) is 61.4 Å². The van der Waals surface area contributed by atoms with E-state index < -0.39 is 71.0 Å². The van der Waals surface area contributed by atoms with Gasteiger partial charge in [0.15, 0.2) is 0 Å². The van der Waals surface area contributed by atoms with E-state index in [1.807, 2.05) is 205 Å². The standard InChI is InChI=1S/C32H33ClN4O5S.C32H36ClN3O5S.C31H31ClN4O5S/c1-20-16-23(17-21(2)30(20)33)42-14-7-10-26-25-9-4-6-12-28(25)36-31(26)32(39)37-43(40,41)15-13-34-29(38)18-22-19-35-27-11-5-3-8-24(22)27;1-4-23-11-13-24(14-12-23)20-29(37)34-15-17-42(39,40)36-32(38)31-27(26-8-5-6-10-28(26)35-31)9-7-16-41-25-18-21(2)30(33)22(3)19-25;1-19-16-23(17-20(2)28(19)32)41-14-5-7-25-24-6-3-4-8-27(24)35-29(25)31(38)36-42(39,40)15-13-34-30(37)22-9-10-26-21(18-22)11-12-33-26/h3-6,8-9,11-12,16-17,19,35-36H,7,10,13-15,18H2,1-2H3,(H,34,38)(H,37,39);5-6,8,10-14,18-19,35H,4,7,9,15-17,20H2,1-3H3,(H,34,37)(H,36,38);3-4,6,8-12,16-18,33,35H,5,7,13-15H2,1-2H3,(H,34,37)(H,36,38). The molecule has 0 fully saturated rings. The number of halogens is 3. The van der Waals surface area contributed by atoms with Crippen LogP contribution in [0, 0.1) is 41.5 Å². The van der Waals surface area contributed by atoms with Crippen LogP contribution in [-0.2, 0) is 78.2 Å². The Balaban J connectivity index is 0.000000173. The number of aryl methyl sites for hydroxylation is 10. The summed E-state index contributed by atoms with van der Waals surface area (Å²) >= 11 is 18.8. The summed E-state index contributed by atoms with van der Waals surface area (Å²) in [6, 6.07) is 56.0. The van der Waals surface area contributed by atoms with Crippen molar-refractivity contribution < 1.29 is 68.2 Å². The van der Waals surface area contributed by atoms with E-state index in [9.17, 15) is 54.0 Å². The van der Waals surface area contributed by atoms with Crippen molar-refractivity contribution in [2.45, 2.75) is 106 Å². The molecule has 5 aromatic heterocycles. The number of amides is 6. The van der Waals surface area contributed by atoms with Crippen molar-refractivity contribution in [2.75, 3.05) is 56.7 Å². The number of carbonyl (C=O) groups is 6. The zero-order valence-electron chi connectivity index (χ0n) is 71.2. The maximum Gasteiger partial charge on any atom is 0.281 e. The molecule has 0 saturated carbocycles. The number of nitrogens with one attached hydrogen (secondary N) is 11. The molecule has 11 N–H and O–H groups in total. The van der Waals surface area contributed by atoms with Crippen LogP contribution < -0.4 is 44.3 Å². The smallest absolute Gasteiger partial charge is 0.281 e. The van der Waals surface area contributed by atoms with Crippen LogP contribution >= 0.6 is 34.8 Å². The normalized spacial score (nSPS) is 11.5. The molecule has 664 valence electrons. The Bertz CT molecular complexity index is 6690. The highest BCUT2D eigenvalue weighted by Crippen LogP contribution is 2.33. The summed E-state index contributed by atoms with van der Waals surface area (Å²) in [5, 5.41) is 14.3. The molecule has 9 aromatic carbocycles. The molecule has 32 heteroatoms. The SMILES string of the molecule is CCc1ccc(CC(=O)NCCS(=O)(=O)NC(=O)c2[nH]c3ccccc3c2CCCOc2cc(C)c(Cl)c(C)c2)cc1.Cc1cc(OCCCc2c(C(=O)NS(=O)(=O)CCNC(=O)Cc3c[nH]c4ccccc34)[nH]c3ccccc23)cc(C)c1Cl.Cc1cc(OCCCc2c(C(=O)NS(=O)(=O)CCNC(=O)c3ccc4[nH]ccc4c3)[nH]c3ccccc23)cc(C)c1Cl. The highest BCUT2D eigenvalue weighted by molar-refractivity contribution is 7.90. The third kappa shape index (κ3) is 25.3. The summed E-state index contributed by atoms with van der Waals surface area (Å²) in [5.74, 6) is -2.41. The second-order valence-corrected chi connectivity index (χ2v) is 37.6. The minimum atomic E-state index is -4.03. The lowest BCUT2D eigenvalue weighted by atomic mass is 10.1. The third-order valence-corrected chi connectivity index (χ3v) is 26.8. The predicted octanol–water partition coefficient (Wildman–Crippen LogP) is 16.2. The highest BCUT2D eigenvalue weighted by atomic mass is 35.5. The second kappa shape index (κ2) is 42.7. The summed E-state index contributed by atoms with van der Waals surface area (Å²) in [6.45, 7) is 14.4. The van der Waals surface area contributed by atoms with Crippen LogP contribution in [0.3, 0.4) is 0 Å². The minimum absolute atomic E-state index is 0.107. The van der Waals surface area contributed by atoms with Gasteiger partial charge in [-0.1, -0.05) is 139 Å². The number of benzene rings is 9. The summed E-state index contributed by atoms with van der Waals surface area (Å²) in [4.78, 5) is 92.2. The van der Waals surface area contributed by atoms with E-state index in [2.05, 4.69) is 62.0 Å². The number of ether oxygens (including phenoxy) is 3. The Labute approximate surface area is 751 Å². The number of para-hydroxylation sites is 4. The quantitative estimate of drug-likeness (QED) is 0.0163. The van der Waals surface area contributed by atoms with Gasteiger partial charge in [0.1, 0.15) is 34.3 Å². The Morgan fingerprint density at radius 2 is 0.724 bits per heavy atom. The fourth-order valence-electron chi connectivity index (χ4n) is 14.9. The van der Waals surface area contributed by atoms with Crippen LogP contribution in [0.5, 0.6) is 17.2 Å². The van der Waals surface area contributed by atoms with Crippen molar-refractivity contribution in [1.29, 1.82) is 0 Å². The fourth-order valence-corrected chi connectivity index (χ4v) is 17.8. The zero-order chi connectivity index (χ0) is 90.7. The van der Waals surface area contributed by atoms with Gasteiger partial charge in [-0.2, -0.15) is 0 Å². The van der Waals surface area contributed by atoms with Gasteiger partial charge in [-0.3, -0.25) is 28.8 Å². The summed E-state index contributed by atoms with van der Waals surface area (Å²) in [6.07, 6.45) is 7.97. The van der Waals surface area contributed by atoms with Crippen molar-refractivity contribution in [3.05, 3.63) is 299 Å². The first-order valence-corrected chi connectivity index (χ1v) is 47.5. The van der Waals surface area contributed by atoms with E-state index >= 15 is 0 Å². The fraction of sp³-hybridized carbons (Fsp3) is 0.263. The van der Waals surface area contributed by atoms with Gasteiger partial charge >= 0.3 is 0 Å². The van der Waals surface area contributed by atoms with Crippen LogP contribution in [0.1, 0.15) is 135 Å². The zero-order valence-corrected chi connectivity index (χ0v) is 75.9. The van der Waals surface area contributed by atoms with Crippen LogP contribution in [0.4, 0.5) is 0 Å². The van der Waals surface area contributed by atoms with E-state index in [0.717, 1.165) is 123 Å². The van der Waals surface area contributed by atoms with Crippen molar-refractivity contribution >= 4 is 155 Å². The van der Waals surface area contributed by atoms with Crippen molar-refractivity contribution in [1.82, 2.24) is 55.0 Å². The predicted molar refractivity (Wildman–Crippen MR) is 501 cm³/mol. The van der Waals surface area contributed by atoms with Crippen LogP contribution in [0.2, 0.25) is 15.1 Å². The Kier molecular flexibility index (Phi) is 31.6. The van der Waals surface area contributed by atoms with Crippen molar-refractivity contribution in [3.8, 4) is 17.2 Å². The van der Waals surface area contributed by atoms with E-state index in [1.165, 1.54) is 5.56 Å². The molecule has 0 unspecified atom stereocenters. The minimum Gasteiger partial charge on any atom is -0.494 e. The second-order valence-electron chi connectivity index (χ2n) is 30.9. The molecular formula is C95H100Cl3N11O15S3. The number of rotatable bonds is 36. The number of hydrogen-bond acceptors (Lipinski definition) is 15. The third-order valence-electron chi connectivity index (χ3n) is 21.3. The van der Waals surface area contributed by atoms with Gasteiger partial charge in [0.05, 0.1) is 49.9 Å². The molecule has 0 radical (unpaired) electrons. The molecule has 0 atom stereocenters. The first kappa shape index (κ1) is 93.8. The topological polar surface area (TPSA) is 384 Å². The summed E-state index contributed by atoms with van der Waals surface area (Å²) < 4.78 is 101. The van der Waals surface area contributed by atoms with Crippen molar-refractivity contribution in [2.24, 2.45) is 0 Å². The first-order valence-electron chi connectivity index (χ1n) is 41.4. The van der Waals surface area contributed by atoms with Gasteiger partial charge in [0, 0.05) is 107 Å². The van der Waals surface area contributed by atoms with E-state index in [1.54, 1.807) is 30.6 Å². The number of fused-ring (bicyclic) bond motifs is 5. The molecule has 0 spiro atoms. The Morgan fingerprint density at radius 3 is 1.12 bits per heavy atom. The van der Waals surface area contributed by atoms with E-state index in [0.29, 0.717) is 95.7 Å². The molecule has 0 saturated heterocycles. The highest BCUT2D eigenvalue weighted by Gasteiger charge is 2.27. The maximum atomic E-state index is 13.2. The van der Waals surface area contributed by atoms with Crippen LogP contribution in [0.15, 0.2) is 194 Å². The van der Waals surface area contributed by atoms with Gasteiger partial charge < -0.3 is 55.1 Å². The number of hydrogen-bond donors (Lipinski definition) is 11. The van der Waals surface area contributed by atoms with Gasteiger partial charge in [-0.15, -0.1) is 0 Å². The van der Waals surface area contributed by atoms with Crippen LogP contribution in [0.25, 0.3) is 54.5 Å². The average Bonchev–Trinajstić information content (AvgIpc) is 1.65. The molecule has 0 bridgehead atoms. The number of sulfonamides is 3. The molecule has 5 heterocycles. The van der Waals surface area contributed by atoms with Gasteiger partial charge in [-0.25, -0.2) is 39.4 Å². The lowest BCUT2D eigenvalue weighted by molar-refractivity contribution is -0.121. The lowest BCUT2D eigenvalue weighted by Crippen LogP contribution is -2.38. The van der Waals surface area contributed by atoms with Crippen LogP contribution in [-0.4, -0.2) is 142 Å². The Hall–Kier alpha value is -12.4. The molecule has 0 aliphatic heterocycles. The summed E-state index contributed by atoms with van der Waals surface area (Å²) in [7, 11) is -12.1. The molecule has 6 amide bonds. The molecule has 0 aliphatic rings. The number of aromatic nitrogens is 5. The largest absolute Gasteiger partial charge is 0.494 e. The van der Waals surface area contributed by atoms with Gasteiger partial charge in [0.25, 0.3) is 23.6 Å². The lowest BCUT2D eigenvalue weighted by Gasteiger charge is -2.11. The van der Waals surface area contributed by atoms with Crippen molar-refractivity contribution in [3.63, 3.8) is 0 Å². The van der Waals surface area contributed by atoms with Gasteiger partial charge in [0.2, 0.25) is 41.9 Å². The number of carbonyl (C=O) groups excluding carboxylic acids is 6. The molecular weight excluding hydrogens is 1740 g/mol. The molecule has 14 aromatic rings. The molecule has 14 rings (SSSR count). The summed E-state index contributed by atoms with van der Waals surface area (Å²) in [5.41, 5.74) is 15.6. The van der Waals surface area contributed by atoms with E-state index in [4.69, 9.17) is 49.0 Å². The van der Waals surface area contributed by atoms with Gasteiger partial charge in [-0.05, 0) is 238 Å².